The van der Waals surface area contributed by atoms with Crippen LogP contribution in [0.1, 0.15) is 6.92 Å². The maximum Gasteiger partial charge on any atom is 0.229 e. The Morgan fingerprint density at radius 2 is 2.00 bits per heavy atom. The Hall–Kier alpha value is -1.66. The highest BCUT2D eigenvalue weighted by molar-refractivity contribution is 9.10. The first-order valence-corrected chi connectivity index (χ1v) is 8.37. The maximum atomic E-state index is 4.64. The number of aromatic nitrogens is 2. The van der Waals surface area contributed by atoms with E-state index in [4.69, 9.17) is 0 Å². The molecule has 1 aliphatic heterocycles. The van der Waals surface area contributed by atoms with E-state index in [1.54, 1.807) is 0 Å². The summed E-state index contributed by atoms with van der Waals surface area (Å²) in [5.74, 6) is 1.62. The first-order valence-electron chi connectivity index (χ1n) is 7.57. The van der Waals surface area contributed by atoms with Crippen LogP contribution in [0.3, 0.4) is 0 Å². The van der Waals surface area contributed by atoms with Crippen LogP contribution in [0, 0.1) is 0 Å². The average Bonchev–Trinajstić information content (AvgIpc) is 2.55. The highest BCUT2D eigenvalue weighted by Crippen LogP contribution is 2.20. The van der Waals surface area contributed by atoms with E-state index in [1.165, 1.54) is 0 Å². The molecular formula is C16H20BrN5. The second-order valence-electron chi connectivity index (χ2n) is 5.30. The fourth-order valence-electron chi connectivity index (χ4n) is 2.57. The average molecular weight is 362 g/mol. The maximum absolute atomic E-state index is 4.64. The molecular weight excluding hydrogens is 342 g/mol. The first kappa shape index (κ1) is 15.2. The smallest absolute Gasteiger partial charge is 0.229 e. The van der Waals surface area contributed by atoms with Gasteiger partial charge in [0.25, 0.3) is 0 Å². The van der Waals surface area contributed by atoms with Crippen LogP contribution in [0.15, 0.2) is 41.0 Å². The molecule has 6 heteroatoms. The number of hydrogen-bond acceptors (Lipinski definition) is 5. The normalized spacial score (nSPS) is 15.8. The van der Waals surface area contributed by atoms with E-state index in [2.05, 4.69) is 47.9 Å². The van der Waals surface area contributed by atoms with E-state index in [9.17, 15) is 0 Å². The van der Waals surface area contributed by atoms with Gasteiger partial charge < -0.3 is 15.1 Å². The predicted molar refractivity (Wildman–Crippen MR) is 93.8 cm³/mol. The Kier molecular flexibility index (Phi) is 4.90. The summed E-state index contributed by atoms with van der Waals surface area (Å²) in [6.07, 6.45) is 1.81. The van der Waals surface area contributed by atoms with Crippen molar-refractivity contribution in [2.75, 3.05) is 42.9 Å². The molecule has 22 heavy (non-hydrogen) atoms. The molecule has 0 saturated carbocycles. The molecule has 1 saturated heterocycles. The summed E-state index contributed by atoms with van der Waals surface area (Å²) in [5.41, 5.74) is 0.974. The lowest BCUT2D eigenvalue weighted by atomic mass is 10.3. The molecule has 1 N–H and O–H groups in total. The van der Waals surface area contributed by atoms with Crippen LogP contribution in [0.4, 0.5) is 17.5 Å². The van der Waals surface area contributed by atoms with Crippen LogP contribution >= 0.6 is 15.9 Å². The second kappa shape index (κ2) is 7.07. The molecule has 0 amide bonds. The first-order chi connectivity index (χ1) is 10.7. The van der Waals surface area contributed by atoms with Gasteiger partial charge >= 0.3 is 0 Å². The fraction of sp³-hybridized carbons (Fsp3) is 0.375. The lowest BCUT2D eigenvalue weighted by molar-refractivity contribution is 0.270. The Labute approximate surface area is 139 Å². The molecule has 3 rings (SSSR count). The lowest BCUT2D eigenvalue weighted by Crippen LogP contribution is -2.46. The van der Waals surface area contributed by atoms with Gasteiger partial charge in [0, 0.05) is 42.5 Å². The van der Waals surface area contributed by atoms with Crippen LogP contribution in [-0.4, -0.2) is 47.6 Å². The number of piperazine rings is 1. The molecule has 116 valence electrons. The van der Waals surface area contributed by atoms with Crippen molar-refractivity contribution in [1.82, 2.24) is 14.9 Å². The summed E-state index contributed by atoms with van der Waals surface area (Å²) in [6.45, 7) is 7.54. The molecule has 0 unspecified atom stereocenters. The summed E-state index contributed by atoms with van der Waals surface area (Å²) in [4.78, 5) is 13.7. The van der Waals surface area contributed by atoms with Gasteiger partial charge in [0.15, 0.2) is 0 Å². The molecule has 5 nitrogen and oxygen atoms in total. The van der Waals surface area contributed by atoms with Crippen LogP contribution in [0.2, 0.25) is 0 Å². The minimum absolute atomic E-state index is 0.633. The lowest BCUT2D eigenvalue weighted by Gasteiger charge is -2.34. The third-order valence-corrected chi connectivity index (χ3v) is 4.36. The molecule has 0 aliphatic carbocycles. The molecule has 2 heterocycles. The zero-order valence-corrected chi connectivity index (χ0v) is 14.3. The second-order valence-corrected chi connectivity index (χ2v) is 6.21. The van der Waals surface area contributed by atoms with Gasteiger partial charge in [0.2, 0.25) is 5.95 Å². The third kappa shape index (κ3) is 3.75. The van der Waals surface area contributed by atoms with Gasteiger partial charge in [-0.25, -0.2) is 4.98 Å². The van der Waals surface area contributed by atoms with E-state index in [0.717, 1.165) is 48.7 Å². The number of nitrogens with one attached hydrogen (secondary N) is 1. The number of halogens is 1. The molecule has 0 bridgehead atoms. The quantitative estimate of drug-likeness (QED) is 0.906. The Morgan fingerprint density at radius 1 is 1.18 bits per heavy atom. The van der Waals surface area contributed by atoms with Crippen molar-refractivity contribution in [2.24, 2.45) is 0 Å². The predicted octanol–water partition coefficient (Wildman–Crippen LogP) is 3.12. The minimum atomic E-state index is 0.633. The third-order valence-electron chi connectivity index (χ3n) is 3.87. The SMILES string of the molecule is CCN1CCN(c2ccnc(Nc3cccc(Br)c3)n2)CC1. The molecule has 1 fully saturated rings. The van der Waals surface area contributed by atoms with E-state index in [-0.39, 0.29) is 0 Å². The fourth-order valence-corrected chi connectivity index (χ4v) is 2.97. The number of anilines is 3. The van der Waals surface area contributed by atoms with Crippen LogP contribution in [0.25, 0.3) is 0 Å². The number of nitrogens with zero attached hydrogens (tertiary/aromatic N) is 4. The molecule has 1 aromatic carbocycles. The molecule has 2 aromatic rings. The minimum Gasteiger partial charge on any atom is -0.354 e. The van der Waals surface area contributed by atoms with Crippen molar-refractivity contribution in [3.05, 3.63) is 41.0 Å². The summed E-state index contributed by atoms with van der Waals surface area (Å²) >= 11 is 3.47. The summed E-state index contributed by atoms with van der Waals surface area (Å²) in [7, 11) is 0. The van der Waals surface area contributed by atoms with Gasteiger partial charge in [-0.05, 0) is 30.8 Å². The van der Waals surface area contributed by atoms with Gasteiger partial charge in [-0.1, -0.05) is 28.9 Å². The topological polar surface area (TPSA) is 44.3 Å². The highest BCUT2D eigenvalue weighted by atomic mass is 79.9. The van der Waals surface area contributed by atoms with Crippen molar-refractivity contribution >= 4 is 33.4 Å². The number of likely N-dealkylation sites (N-methyl/N-ethyl adjacent to an activating group) is 1. The Balaban J connectivity index is 1.70. The summed E-state index contributed by atoms with van der Waals surface area (Å²) in [5, 5.41) is 3.25. The number of rotatable bonds is 4. The van der Waals surface area contributed by atoms with Crippen molar-refractivity contribution in [1.29, 1.82) is 0 Å². The van der Waals surface area contributed by atoms with Crippen molar-refractivity contribution in [2.45, 2.75) is 6.92 Å². The van der Waals surface area contributed by atoms with E-state index >= 15 is 0 Å². The Bertz CT molecular complexity index is 625. The molecule has 0 spiro atoms. The molecule has 0 atom stereocenters. The summed E-state index contributed by atoms with van der Waals surface area (Å²) in [6, 6.07) is 9.97. The Morgan fingerprint density at radius 3 is 2.73 bits per heavy atom. The zero-order chi connectivity index (χ0) is 15.4. The monoisotopic (exact) mass is 361 g/mol. The van der Waals surface area contributed by atoms with Crippen LogP contribution in [-0.2, 0) is 0 Å². The van der Waals surface area contributed by atoms with Crippen LogP contribution < -0.4 is 10.2 Å². The van der Waals surface area contributed by atoms with Crippen molar-refractivity contribution in [3.8, 4) is 0 Å². The van der Waals surface area contributed by atoms with Crippen molar-refractivity contribution in [3.63, 3.8) is 0 Å². The van der Waals surface area contributed by atoms with Gasteiger partial charge in [-0.15, -0.1) is 0 Å². The number of benzene rings is 1. The molecule has 0 radical (unpaired) electrons. The van der Waals surface area contributed by atoms with E-state index < -0.39 is 0 Å². The standard InChI is InChI=1S/C16H20BrN5/c1-2-21-8-10-22(11-9-21)15-6-7-18-16(20-15)19-14-5-3-4-13(17)12-14/h3-7,12H,2,8-11H2,1H3,(H,18,19,20). The van der Waals surface area contributed by atoms with Crippen molar-refractivity contribution < 1.29 is 0 Å². The zero-order valence-electron chi connectivity index (χ0n) is 12.7. The van der Waals surface area contributed by atoms with Gasteiger partial charge in [0.05, 0.1) is 0 Å². The summed E-state index contributed by atoms with van der Waals surface area (Å²) < 4.78 is 1.03. The van der Waals surface area contributed by atoms with E-state index in [1.807, 2.05) is 36.5 Å². The number of hydrogen-bond donors (Lipinski definition) is 1. The van der Waals surface area contributed by atoms with Gasteiger partial charge in [0.1, 0.15) is 5.82 Å². The molecule has 1 aromatic heterocycles. The molecule has 1 aliphatic rings. The van der Waals surface area contributed by atoms with E-state index in [0.29, 0.717) is 5.95 Å². The van der Waals surface area contributed by atoms with Gasteiger partial charge in [-0.3, -0.25) is 0 Å². The van der Waals surface area contributed by atoms with Gasteiger partial charge in [-0.2, -0.15) is 4.98 Å². The largest absolute Gasteiger partial charge is 0.354 e. The highest BCUT2D eigenvalue weighted by Gasteiger charge is 2.17. The van der Waals surface area contributed by atoms with Crippen LogP contribution in [0.5, 0.6) is 0 Å².